The zero-order valence-electron chi connectivity index (χ0n) is 18.4. The molecule has 0 aromatic heterocycles. The lowest BCUT2D eigenvalue weighted by Crippen LogP contribution is -2.36. The van der Waals surface area contributed by atoms with E-state index in [1.54, 1.807) is 48.5 Å². The Morgan fingerprint density at radius 3 is 1.50 bits per heavy atom. The minimum absolute atomic E-state index is 0.00481. The number of nitrogens with zero attached hydrogens (tertiary/aromatic N) is 1. The lowest BCUT2D eigenvalue weighted by Gasteiger charge is -2.19. The SMILES string of the molecule is O=C(OCc1ccccc1)C(CCN1C(=O)c2ccccc2C1=O)C(=O)OCc1ccccc1. The molecular formula is C27H23NO6. The molecule has 0 atom stereocenters. The topological polar surface area (TPSA) is 90.0 Å². The summed E-state index contributed by atoms with van der Waals surface area (Å²) in [6.07, 6.45) is -0.104. The fourth-order valence-electron chi connectivity index (χ4n) is 3.69. The van der Waals surface area contributed by atoms with Crippen LogP contribution in [0.5, 0.6) is 0 Å². The van der Waals surface area contributed by atoms with E-state index in [2.05, 4.69) is 0 Å². The Morgan fingerprint density at radius 1 is 0.647 bits per heavy atom. The number of hydrogen-bond donors (Lipinski definition) is 0. The van der Waals surface area contributed by atoms with Gasteiger partial charge in [0, 0.05) is 6.54 Å². The average molecular weight is 457 g/mol. The van der Waals surface area contributed by atoms with Gasteiger partial charge in [0.25, 0.3) is 11.8 Å². The van der Waals surface area contributed by atoms with E-state index in [9.17, 15) is 19.2 Å². The smallest absolute Gasteiger partial charge is 0.320 e. The molecule has 172 valence electrons. The van der Waals surface area contributed by atoms with Crippen LogP contribution in [0.25, 0.3) is 0 Å². The van der Waals surface area contributed by atoms with Gasteiger partial charge in [-0.25, -0.2) is 0 Å². The minimum atomic E-state index is -1.28. The Hall–Kier alpha value is -4.26. The molecule has 1 heterocycles. The summed E-state index contributed by atoms with van der Waals surface area (Å²) in [6, 6.07) is 24.7. The maximum Gasteiger partial charge on any atom is 0.320 e. The standard InChI is InChI=1S/C27H23NO6/c29-24-21-13-7-8-14-22(21)25(30)28(24)16-15-23(26(31)33-17-19-9-3-1-4-10-19)27(32)34-18-20-11-5-2-6-12-20/h1-14,23H,15-18H2. The number of imide groups is 1. The molecule has 3 aromatic rings. The Morgan fingerprint density at radius 2 is 1.06 bits per heavy atom. The summed E-state index contributed by atoms with van der Waals surface area (Å²) in [7, 11) is 0. The van der Waals surface area contributed by atoms with Crippen molar-refractivity contribution in [1.82, 2.24) is 4.90 Å². The van der Waals surface area contributed by atoms with Crippen LogP contribution in [0.15, 0.2) is 84.9 Å². The second-order valence-electron chi connectivity index (χ2n) is 7.84. The number of benzene rings is 3. The van der Waals surface area contributed by atoms with Crippen molar-refractivity contribution >= 4 is 23.8 Å². The van der Waals surface area contributed by atoms with Gasteiger partial charge in [-0.1, -0.05) is 72.8 Å². The van der Waals surface area contributed by atoms with Crippen LogP contribution >= 0.6 is 0 Å². The summed E-state index contributed by atoms with van der Waals surface area (Å²) in [5.74, 6) is -3.71. The number of carbonyl (C=O) groups excluding carboxylic acids is 4. The maximum absolute atomic E-state index is 12.8. The van der Waals surface area contributed by atoms with E-state index in [0.29, 0.717) is 11.1 Å². The minimum Gasteiger partial charge on any atom is -0.460 e. The first-order valence-corrected chi connectivity index (χ1v) is 10.9. The zero-order valence-corrected chi connectivity index (χ0v) is 18.4. The van der Waals surface area contributed by atoms with Gasteiger partial charge in [-0.15, -0.1) is 0 Å². The molecule has 3 aromatic carbocycles. The Balaban J connectivity index is 1.44. The van der Waals surface area contributed by atoms with Gasteiger partial charge in [0.15, 0.2) is 5.92 Å². The Kier molecular flexibility index (Phi) is 7.13. The number of rotatable bonds is 9. The van der Waals surface area contributed by atoms with Crippen LogP contribution in [-0.4, -0.2) is 35.2 Å². The van der Waals surface area contributed by atoms with Crippen molar-refractivity contribution in [2.75, 3.05) is 6.54 Å². The van der Waals surface area contributed by atoms with E-state index in [1.165, 1.54) is 0 Å². The molecule has 34 heavy (non-hydrogen) atoms. The zero-order chi connectivity index (χ0) is 23.9. The van der Waals surface area contributed by atoms with Gasteiger partial charge in [-0.05, 0) is 29.7 Å². The fourth-order valence-corrected chi connectivity index (χ4v) is 3.69. The average Bonchev–Trinajstić information content (AvgIpc) is 3.12. The Bertz CT molecular complexity index is 1100. The quantitative estimate of drug-likeness (QED) is 0.276. The van der Waals surface area contributed by atoms with Gasteiger partial charge in [-0.3, -0.25) is 24.1 Å². The summed E-state index contributed by atoms with van der Waals surface area (Å²) >= 11 is 0. The van der Waals surface area contributed by atoms with Crippen molar-refractivity contribution in [2.45, 2.75) is 19.6 Å². The summed E-state index contributed by atoms with van der Waals surface area (Å²) in [5.41, 5.74) is 2.16. The van der Waals surface area contributed by atoms with E-state index in [1.807, 2.05) is 36.4 Å². The molecule has 0 radical (unpaired) electrons. The van der Waals surface area contributed by atoms with Gasteiger partial charge >= 0.3 is 11.9 Å². The van der Waals surface area contributed by atoms with Gasteiger partial charge in [0.1, 0.15) is 13.2 Å². The lowest BCUT2D eigenvalue weighted by molar-refractivity contribution is -0.164. The van der Waals surface area contributed by atoms with Gasteiger partial charge in [-0.2, -0.15) is 0 Å². The van der Waals surface area contributed by atoms with Gasteiger partial charge < -0.3 is 9.47 Å². The highest BCUT2D eigenvalue weighted by Crippen LogP contribution is 2.24. The Labute approximate surface area is 196 Å². The van der Waals surface area contributed by atoms with E-state index in [0.717, 1.165) is 16.0 Å². The number of carbonyl (C=O) groups is 4. The van der Waals surface area contributed by atoms with Crippen molar-refractivity contribution in [1.29, 1.82) is 0 Å². The lowest BCUT2D eigenvalue weighted by atomic mass is 10.1. The number of hydrogen-bond acceptors (Lipinski definition) is 6. The molecule has 0 bridgehead atoms. The molecular weight excluding hydrogens is 434 g/mol. The molecule has 0 saturated heterocycles. The van der Waals surface area contributed by atoms with Crippen molar-refractivity contribution < 1.29 is 28.7 Å². The largest absolute Gasteiger partial charge is 0.460 e. The van der Waals surface area contributed by atoms with Crippen molar-refractivity contribution in [2.24, 2.45) is 5.92 Å². The van der Waals surface area contributed by atoms with Crippen LogP contribution in [0.3, 0.4) is 0 Å². The van der Waals surface area contributed by atoms with E-state index in [-0.39, 0.29) is 26.2 Å². The highest BCUT2D eigenvalue weighted by molar-refractivity contribution is 6.21. The highest BCUT2D eigenvalue weighted by Gasteiger charge is 2.37. The first-order valence-electron chi connectivity index (χ1n) is 10.9. The van der Waals surface area contributed by atoms with Gasteiger partial charge in [0.2, 0.25) is 0 Å². The van der Waals surface area contributed by atoms with Crippen LogP contribution in [-0.2, 0) is 32.3 Å². The monoisotopic (exact) mass is 457 g/mol. The predicted octanol–water partition coefficient (Wildman–Crippen LogP) is 3.78. The summed E-state index contributed by atoms with van der Waals surface area (Å²) < 4.78 is 10.7. The van der Waals surface area contributed by atoms with Crippen LogP contribution < -0.4 is 0 Å². The van der Waals surface area contributed by atoms with E-state index >= 15 is 0 Å². The molecule has 1 aliphatic heterocycles. The first-order chi connectivity index (χ1) is 16.5. The summed E-state index contributed by atoms with van der Waals surface area (Å²) in [5, 5.41) is 0. The fraction of sp³-hybridized carbons (Fsp3) is 0.185. The molecule has 0 N–H and O–H groups in total. The second-order valence-corrected chi connectivity index (χ2v) is 7.84. The second kappa shape index (κ2) is 10.6. The predicted molar refractivity (Wildman–Crippen MR) is 122 cm³/mol. The molecule has 0 unspecified atom stereocenters. The van der Waals surface area contributed by atoms with E-state index < -0.39 is 29.7 Å². The van der Waals surface area contributed by atoms with Crippen LogP contribution in [0.4, 0.5) is 0 Å². The molecule has 4 rings (SSSR count). The van der Waals surface area contributed by atoms with E-state index in [4.69, 9.17) is 9.47 Å². The van der Waals surface area contributed by atoms with Crippen molar-refractivity contribution in [3.8, 4) is 0 Å². The van der Waals surface area contributed by atoms with Crippen LogP contribution in [0.2, 0.25) is 0 Å². The van der Waals surface area contributed by atoms with Crippen LogP contribution in [0.1, 0.15) is 38.3 Å². The molecule has 0 saturated carbocycles. The molecule has 7 nitrogen and oxygen atoms in total. The molecule has 0 fully saturated rings. The third kappa shape index (κ3) is 5.20. The van der Waals surface area contributed by atoms with Crippen LogP contribution in [0, 0.1) is 5.92 Å². The van der Waals surface area contributed by atoms with Gasteiger partial charge in [0.05, 0.1) is 11.1 Å². The first kappa shape index (κ1) is 22.9. The molecule has 7 heteroatoms. The number of fused-ring (bicyclic) bond motifs is 1. The van der Waals surface area contributed by atoms with Crippen molar-refractivity contribution in [3.05, 3.63) is 107 Å². The third-order valence-corrected chi connectivity index (χ3v) is 5.54. The molecule has 2 amide bonds. The summed E-state index contributed by atoms with van der Waals surface area (Å²) in [6.45, 7) is -0.123. The molecule has 0 spiro atoms. The highest BCUT2D eigenvalue weighted by atomic mass is 16.6. The number of amides is 2. The number of esters is 2. The molecule has 0 aliphatic carbocycles. The normalized spacial score (nSPS) is 12.6. The molecule has 1 aliphatic rings. The number of ether oxygens (including phenoxy) is 2. The maximum atomic E-state index is 12.8. The third-order valence-electron chi connectivity index (χ3n) is 5.54. The summed E-state index contributed by atoms with van der Waals surface area (Å²) in [4.78, 5) is 52.0. The van der Waals surface area contributed by atoms with Crippen molar-refractivity contribution in [3.63, 3.8) is 0 Å².